The van der Waals surface area contributed by atoms with Crippen molar-refractivity contribution in [2.24, 2.45) is 0 Å². The standard InChI is InChI=1S/C22H28N4O4/c1-22(2,3)29-21(27)26-10-7-18(8-11-26)28-14-19-24-20(30-25-19)16-4-5-17-13-23-9-6-15(17)12-16/h6,9,12-13,18H,4-5,7-8,10-11,14H2,1-3H3. The lowest BCUT2D eigenvalue weighted by Crippen LogP contribution is -2.43. The van der Waals surface area contributed by atoms with Gasteiger partial charge in [0.15, 0.2) is 5.82 Å². The molecule has 8 heteroatoms. The summed E-state index contributed by atoms with van der Waals surface area (Å²) in [6, 6.07) is 2.00. The van der Waals surface area contributed by atoms with E-state index in [-0.39, 0.29) is 12.2 Å². The monoisotopic (exact) mass is 412 g/mol. The number of pyridine rings is 1. The van der Waals surface area contributed by atoms with Crippen molar-refractivity contribution in [3.05, 3.63) is 41.3 Å². The van der Waals surface area contributed by atoms with Gasteiger partial charge in [-0.15, -0.1) is 0 Å². The van der Waals surface area contributed by atoms with E-state index in [9.17, 15) is 4.79 Å². The van der Waals surface area contributed by atoms with Gasteiger partial charge in [0.25, 0.3) is 5.89 Å². The molecule has 1 fully saturated rings. The van der Waals surface area contributed by atoms with E-state index in [0.717, 1.165) is 36.8 Å². The molecule has 0 saturated carbocycles. The number of nitrogens with zero attached hydrogens (tertiary/aromatic N) is 4. The molecule has 1 aliphatic carbocycles. The molecule has 8 nitrogen and oxygen atoms in total. The SMILES string of the molecule is CC(C)(C)OC(=O)N1CCC(OCc2noc(C3=Cc4ccncc4CC3)n2)CC1. The Bertz CT molecular complexity index is 923. The van der Waals surface area contributed by atoms with E-state index in [0.29, 0.717) is 31.4 Å². The molecule has 1 aliphatic heterocycles. The van der Waals surface area contributed by atoms with Crippen molar-refractivity contribution in [3.8, 4) is 0 Å². The Morgan fingerprint density at radius 2 is 2.07 bits per heavy atom. The van der Waals surface area contributed by atoms with E-state index >= 15 is 0 Å². The molecule has 0 atom stereocenters. The summed E-state index contributed by atoms with van der Waals surface area (Å²) in [6.07, 6.45) is 8.89. The number of fused-ring (bicyclic) bond motifs is 1. The maximum absolute atomic E-state index is 12.2. The van der Waals surface area contributed by atoms with Crippen LogP contribution in [0.5, 0.6) is 0 Å². The lowest BCUT2D eigenvalue weighted by atomic mass is 9.94. The predicted octanol–water partition coefficient (Wildman–Crippen LogP) is 3.87. The van der Waals surface area contributed by atoms with Gasteiger partial charge in [-0.25, -0.2) is 4.79 Å². The highest BCUT2D eigenvalue weighted by Crippen LogP contribution is 2.29. The number of piperidine rings is 1. The molecule has 2 aromatic rings. The number of amides is 1. The molecule has 2 aliphatic rings. The summed E-state index contributed by atoms with van der Waals surface area (Å²) in [5, 5.41) is 4.07. The van der Waals surface area contributed by atoms with E-state index in [2.05, 4.69) is 21.2 Å². The second-order valence-corrected chi connectivity index (χ2v) is 8.74. The summed E-state index contributed by atoms with van der Waals surface area (Å²) in [4.78, 5) is 22.6. The number of ether oxygens (including phenoxy) is 2. The van der Waals surface area contributed by atoms with Gasteiger partial charge in [0, 0.05) is 31.1 Å². The number of likely N-dealkylation sites (tertiary alicyclic amines) is 1. The number of carbonyl (C=O) groups excluding carboxylic acids is 1. The number of carbonyl (C=O) groups is 1. The van der Waals surface area contributed by atoms with Crippen LogP contribution >= 0.6 is 0 Å². The Kier molecular flexibility index (Phi) is 5.85. The summed E-state index contributed by atoms with van der Waals surface area (Å²) in [7, 11) is 0. The Hall–Kier alpha value is -2.74. The van der Waals surface area contributed by atoms with Crippen LogP contribution in [0.1, 0.15) is 62.9 Å². The first-order valence-electron chi connectivity index (χ1n) is 10.4. The fraction of sp³-hybridized carbons (Fsp3) is 0.545. The zero-order chi connectivity index (χ0) is 21.1. The van der Waals surface area contributed by atoms with Crippen LogP contribution in [0.15, 0.2) is 23.0 Å². The van der Waals surface area contributed by atoms with Crippen LogP contribution in [-0.4, -0.2) is 50.9 Å². The van der Waals surface area contributed by atoms with Gasteiger partial charge in [-0.05, 0) is 69.7 Å². The minimum atomic E-state index is -0.479. The van der Waals surface area contributed by atoms with E-state index in [1.54, 1.807) is 11.1 Å². The van der Waals surface area contributed by atoms with Crippen LogP contribution in [0.2, 0.25) is 0 Å². The Balaban J connectivity index is 1.27. The molecular formula is C22H28N4O4. The van der Waals surface area contributed by atoms with Gasteiger partial charge >= 0.3 is 6.09 Å². The minimum absolute atomic E-state index is 0.0684. The normalized spacial score (nSPS) is 17.4. The Morgan fingerprint density at radius 1 is 1.27 bits per heavy atom. The number of hydrogen-bond donors (Lipinski definition) is 0. The minimum Gasteiger partial charge on any atom is -0.444 e. The first-order valence-corrected chi connectivity index (χ1v) is 10.4. The third-order valence-electron chi connectivity index (χ3n) is 5.22. The number of aryl methyl sites for hydroxylation is 1. The number of hydrogen-bond acceptors (Lipinski definition) is 7. The zero-order valence-electron chi connectivity index (χ0n) is 17.8. The van der Waals surface area contributed by atoms with E-state index in [1.165, 1.54) is 5.56 Å². The molecule has 0 N–H and O–H groups in total. The van der Waals surface area contributed by atoms with Crippen LogP contribution in [-0.2, 0) is 22.5 Å². The van der Waals surface area contributed by atoms with Gasteiger partial charge in [0.2, 0.25) is 0 Å². The van der Waals surface area contributed by atoms with Crippen molar-refractivity contribution in [2.45, 2.75) is 64.8 Å². The van der Waals surface area contributed by atoms with Crippen LogP contribution in [0.4, 0.5) is 4.79 Å². The summed E-state index contributed by atoms with van der Waals surface area (Å²) >= 11 is 0. The van der Waals surface area contributed by atoms with Crippen molar-refractivity contribution < 1.29 is 18.8 Å². The van der Waals surface area contributed by atoms with E-state index < -0.39 is 5.60 Å². The van der Waals surface area contributed by atoms with Crippen LogP contribution in [0, 0.1) is 0 Å². The molecule has 0 spiro atoms. The molecule has 1 amide bonds. The van der Waals surface area contributed by atoms with Crippen LogP contribution < -0.4 is 0 Å². The van der Waals surface area contributed by atoms with Gasteiger partial charge in [-0.2, -0.15) is 4.98 Å². The summed E-state index contributed by atoms with van der Waals surface area (Å²) in [5.74, 6) is 1.09. The maximum atomic E-state index is 12.2. The quantitative estimate of drug-likeness (QED) is 0.753. The second kappa shape index (κ2) is 8.55. The fourth-order valence-corrected chi connectivity index (χ4v) is 3.65. The molecule has 3 heterocycles. The zero-order valence-corrected chi connectivity index (χ0v) is 17.8. The lowest BCUT2D eigenvalue weighted by molar-refractivity contribution is -0.0190. The van der Waals surface area contributed by atoms with Gasteiger partial charge in [-0.1, -0.05) is 5.16 Å². The predicted molar refractivity (Wildman–Crippen MR) is 110 cm³/mol. The average molecular weight is 412 g/mol. The highest BCUT2D eigenvalue weighted by Gasteiger charge is 2.27. The van der Waals surface area contributed by atoms with E-state index in [4.69, 9.17) is 14.0 Å². The summed E-state index contributed by atoms with van der Waals surface area (Å²) in [6.45, 7) is 7.17. The fourth-order valence-electron chi connectivity index (χ4n) is 3.65. The van der Waals surface area contributed by atoms with Crippen molar-refractivity contribution >= 4 is 17.7 Å². The highest BCUT2D eigenvalue weighted by atomic mass is 16.6. The largest absolute Gasteiger partial charge is 0.444 e. The Morgan fingerprint density at radius 3 is 2.83 bits per heavy atom. The molecule has 2 aromatic heterocycles. The van der Waals surface area contributed by atoms with Crippen LogP contribution in [0.25, 0.3) is 11.6 Å². The number of allylic oxidation sites excluding steroid dienone is 1. The van der Waals surface area contributed by atoms with Gasteiger partial charge in [-0.3, -0.25) is 4.98 Å². The molecule has 4 rings (SSSR count). The average Bonchev–Trinajstić information content (AvgIpc) is 3.20. The van der Waals surface area contributed by atoms with Gasteiger partial charge in [0.05, 0.1) is 6.10 Å². The summed E-state index contributed by atoms with van der Waals surface area (Å²) < 4.78 is 16.9. The van der Waals surface area contributed by atoms with Crippen molar-refractivity contribution in [3.63, 3.8) is 0 Å². The molecule has 0 unspecified atom stereocenters. The lowest BCUT2D eigenvalue weighted by Gasteiger charge is -2.33. The smallest absolute Gasteiger partial charge is 0.410 e. The molecular weight excluding hydrogens is 384 g/mol. The van der Waals surface area contributed by atoms with Gasteiger partial charge in [0.1, 0.15) is 12.2 Å². The molecule has 1 saturated heterocycles. The highest BCUT2D eigenvalue weighted by molar-refractivity contribution is 5.81. The second-order valence-electron chi connectivity index (χ2n) is 8.74. The summed E-state index contributed by atoms with van der Waals surface area (Å²) in [5.41, 5.74) is 2.95. The van der Waals surface area contributed by atoms with Crippen molar-refractivity contribution in [1.29, 1.82) is 0 Å². The van der Waals surface area contributed by atoms with Gasteiger partial charge < -0.3 is 18.9 Å². The topological polar surface area (TPSA) is 90.6 Å². The maximum Gasteiger partial charge on any atom is 0.410 e. The first-order chi connectivity index (χ1) is 14.4. The molecule has 0 radical (unpaired) electrons. The number of rotatable bonds is 4. The molecule has 0 aromatic carbocycles. The third kappa shape index (κ3) is 5.05. The third-order valence-corrected chi connectivity index (χ3v) is 5.22. The molecule has 30 heavy (non-hydrogen) atoms. The molecule has 0 bridgehead atoms. The first kappa shape index (κ1) is 20.5. The number of aromatic nitrogens is 3. The Labute approximate surface area is 176 Å². The van der Waals surface area contributed by atoms with Crippen LogP contribution in [0.3, 0.4) is 0 Å². The molecule has 160 valence electrons. The van der Waals surface area contributed by atoms with Crippen molar-refractivity contribution in [1.82, 2.24) is 20.0 Å². The van der Waals surface area contributed by atoms with Crippen molar-refractivity contribution in [2.75, 3.05) is 13.1 Å². The van der Waals surface area contributed by atoms with E-state index in [1.807, 2.05) is 33.0 Å².